The van der Waals surface area contributed by atoms with Gasteiger partial charge in [0.25, 0.3) is 5.69 Å². The molecule has 3 rings (SSSR count). The predicted molar refractivity (Wildman–Crippen MR) is 117 cm³/mol. The van der Waals surface area contributed by atoms with Gasteiger partial charge in [-0.1, -0.05) is 0 Å². The highest BCUT2D eigenvalue weighted by Gasteiger charge is 2.11. The number of nitrogens with one attached hydrogen (secondary N) is 1. The number of benzene rings is 3. The molecule has 0 spiro atoms. The van der Waals surface area contributed by atoms with E-state index in [1.165, 1.54) is 38.5 Å². The van der Waals surface area contributed by atoms with Crippen LogP contribution in [0.1, 0.15) is 0 Å². The zero-order chi connectivity index (χ0) is 22.2. The molecule has 0 heterocycles. The number of non-ortho nitro benzene ring substituents is 1. The minimum absolute atomic E-state index is 0.0199. The van der Waals surface area contributed by atoms with E-state index >= 15 is 0 Å². The lowest BCUT2D eigenvalue weighted by molar-refractivity contribution is -0.384. The molecule has 0 aliphatic carbocycles. The summed E-state index contributed by atoms with van der Waals surface area (Å²) in [7, 11) is 4.86. The predicted octanol–water partition coefficient (Wildman–Crippen LogP) is 6.48. The molecule has 3 aromatic rings. The van der Waals surface area contributed by atoms with E-state index in [0.29, 0.717) is 34.2 Å². The van der Waals surface area contributed by atoms with Crippen LogP contribution in [-0.4, -0.2) is 26.2 Å². The molecule has 0 bridgehead atoms. The van der Waals surface area contributed by atoms with Crippen LogP contribution in [0.25, 0.3) is 0 Å². The fourth-order valence-corrected chi connectivity index (χ4v) is 2.58. The first kappa shape index (κ1) is 21.4. The summed E-state index contributed by atoms with van der Waals surface area (Å²) < 4.78 is 10.8. The number of hydrogen-bond acceptors (Lipinski definition) is 9. The van der Waals surface area contributed by atoms with Gasteiger partial charge in [0.05, 0.1) is 30.5 Å². The number of ether oxygens (including phenoxy) is 2. The van der Waals surface area contributed by atoms with Crippen LogP contribution in [0.4, 0.5) is 34.1 Å². The summed E-state index contributed by atoms with van der Waals surface area (Å²) in [5.41, 5.74) is 2.97. The van der Waals surface area contributed by atoms with Gasteiger partial charge in [0, 0.05) is 37.0 Å². The quantitative estimate of drug-likeness (QED) is 0.254. The highest BCUT2D eigenvalue weighted by molar-refractivity contribution is 5.66. The number of nitrogens with zero attached hydrogens (tertiary/aromatic N) is 5. The normalized spacial score (nSPS) is 11.1. The highest BCUT2D eigenvalue weighted by Crippen LogP contribution is 2.41. The van der Waals surface area contributed by atoms with Crippen molar-refractivity contribution in [2.24, 2.45) is 20.5 Å². The first-order chi connectivity index (χ1) is 15.0. The third-order valence-corrected chi connectivity index (χ3v) is 4.24. The molecule has 0 radical (unpaired) electrons. The van der Waals surface area contributed by atoms with Crippen LogP contribution in [0.2, 0.25) is 0 Å². The Morgan fingerprint density at radius 1 is 0.774 bits per heavy atom. The molecular formula is C21H20N6O4. The second kappa shape index (κ2) is 9.92. The molecule has 31 heavy (non-hydrogen) atoms. The minimum atomic E-state index is -0.475. The lowest BCUT2D eigenvalue weighted by Gasteiger charge is -2.09. The van der Waals surface area contributed by atoms with Gasteiger partial charge in [-0.3, -0.25) is 10.1 Å². The van der Waals surface area contributed by atoms with Gasteiger partial charge in [-0.2, -0.15) is 10.2 Å². The first-order valence-corrected chi connectivity index (χ1v) is 9.16. The van der Waals surface area contributed by atoms with Crippen molar-refractivity contribution >= 4 is 34.1 Å². The van der Waals surface area contributed by atoms with E-state index < -0.39 is 4.92 Å². The molecule has 0 unspecified atom stereocenters. The molecule has 0 aromatic heterocycles. The molecule has 10 nitrogen and oxygen atoms in total. The van der Waals surface area contributed by atoms with Crippen molar-refractivity contribution in [3.63, 3.8) is 0 Å². The summed E-state index contributed by atoms with van der Waals surface area (Å²) in [5, 5.41) is 30.6. The Morgan fingerprint density at radius 3 is 1.61 bits per heavy atom. The highest BCUT2D eigenvalue weighted by atomic mass is 16.6. The maximum Gasteiger partial charge on any atom is 0.269 e. The van der Waals surface area contributed by atoms with Crippen molar-refractivity contribution in [1.29, 1.82) is 0 Å². The molecule has 158 valence electrons. The number of methoxy groups -OCH3 is 2. The Hall–Kier alpha value is -4.34. The minimum Gasteiger partial charge on any atom is -0.494 e. The van der Waals surface area contributed by atoms with Crippen molar-refractivity contribution in [3.05, 3.63) is 70.8 Å². The number of rotatable bonds is 8. The SMILES string of the molecule is CNc1ccc(/N=N/c2cc(OC)c(/N=N/c3ccc([N+](=O)[O-])cc3)cc2OC)cc1. The van der Waals surface area contributed by atoms with Gasteiger partial charge in [0.2, 0.25) is 0 Å². The summed E-state index contributed by atoms with van der Waals surface area (Å²) in [5.74, 6) is 0.861. The van der Waals surface area contributed by atoms with E-state index in [4.69, 9.17) is 9.47 Å². The van der Waals surface area contributed by atoms with E-state index in [1.807, 2.05) is 31.3 Å². The molecular weight excluding hydrogens is 400 g/mol. The Kier molecular flexibility index (Phi) is 6.84. The second-order valence-corrected chi connectivity index (χ2v) is 6.17. The van der Waals surface area contributed by atoms with E-state index in [-0.39, 0.29) is 5.69 Å². The molecule has 3 aromatic carbocycles. The first-order valence-electron chi connectivity index (χ1n) is 9.16. The number of anilines is 1. The topological polar surface area (TPSA) is 123 Å². The van der Waals surface area contributed by atoms with E-state index in [0.717, 1.165) is 5.69 Å². The van der Waals surface area contributed by atoms with Gasteiger partial charge in [-0.25, -0.2) is 0 Å². The summed E-state index contributed by atoms with van der Waals surface area (Å²) >= 11 is 0. The molecule has 0 atom stereocenters. The summed E-state index contributed by atoms with van der Waals surface area (Å²) in [6.45, 7) is 0. The van der Waals surface area contributed by atoms with Gasteiger partial charge < -0.3 is 14.8 Å². The number of nitro benzene ring substituents is 1. The zero-order valence-corrected chi connectivity index (χ0v) is 17.1. The van der Waals surface area contributed by atoms with Crippen molar-refractivity contribution in [1.82, 2.24) is 0 Å². The number of hydrogen-bond donors (Lipinski definition) is 1. The number of nitro groups is 1. The lowest BCUT2D eigenvalue weighted by Crippen LogP contribution is -1.88. The van der Waals surface area contributed by atoms with Crippen molar-refractivity contribution in [2.45, 2.75) is 0 Å². The van der Waals surface area contributed by atoms with Gasteiger partial charge >= 0.3 is 0 Å². The van der Waals surface area contributed by atoms with E-state index in [2.05, 4.69) is 25.8 Å². The van der Waals surface area contributed by atoms with Gasteiger partial charge in [-0.15, -0.1) is 10.2 Å². The fourth-order valence-electron chi connectivity index (χ4n) is 2.58. The maximum atomic E-state index is 10.8. The van der Waals surface area contributed by atoms with Crippen molar-refractivity contribution in [2.75, 3.05) is 26.6 Å². The standard InChI is InChI=1S/C21H20N6O4/c1-22-14-4-6-15(7-5-14)23-25-18-12-21(31-3)19(13-20(18)30-2)26-24-16-8-10-17(11-9-16)27(28)29/h4-13,22H,1-3H3/b25-23+,26-24+. The largest absolute Gasteiger partial charge is 0.494 e. The monoisotopic (exact) mass is 420 g/mol. The maximum absolute atomic E-state index is 10.8. The third kappa shape index (κ3) is 5.38. The van der Waals surface area contributed by atoms with E-state index in [1.54, 1.807) is 12.1 Å². The van der Waals surface area contributed by atoms with Crippen molar-refractivity contribution in [3.8, 4) is 11.5 Å². The average Bonchev–Trinajstić information content (AvgIpc) is 2.81. The Labute approximate surface area is 178 Å². The van der Waals surface area contributed by atoms with Gasteiger partial charge in [-0.05, 0) is 36.4 Å². The Balaban J connectivity index is 1.86. The van der Waals surface area contributed by atoms with Crippen LogP contribution in [0.5, 0.6) is 11.5 Å². The van der Waals surface area contributed by atoms with Crippen LogP contribution in [0.3, 0.4) is 0 Å². The Bertz CT molecular complexity index is 1110. The van der Waals surface area contributed by atoms with Crippen LogP contribution in [-0.2, 0) is 0 Å². The summed E-state index contributed by atoms with van der Waals surface area (Å²) in [6, 6.07) is 16.5. The molecule has 0 amide bonds. The second-order valence-electron chi connectivity index (χ2n) is 6.17. The molecule has 0 aliphatic rings. The summed E-state index contributed by atoms with van der Waals surface area (Å²) in [6.07, 6.45) is 0. The van der Waals surface area contributed by atoms with Gasteiger partial charge in [0.1, 0.15) is 22.9 Å². The number of azo groups is 2. The van der Waals surface area contributed by atoms with E-state index in [9.17, 15) is 10.1 Å². The van der Waals surface area contributed by atoms with Crippen LogP contribution in [0, 0.1) is 10.1 Å². The van der Waals surface area contributed by atoms with Gasteiger partial charge in [0.15, 0.2) is 0 Å². The van der Waals surface area contributed by atoms with Crippen LogP contribution >= 0.6 is 0 Å². The molecule has 1 N–H and O–H groups in total. The van der Waals surface area contributed by atoms with Crippen LogP contribution < -0.4 is 14.8 Å². The fraction of sp³-hybridized carbons (Fsp3) is 0.143. The lowest BCUT2D eigenvalue weighted by atomic mass is 10.2. The molecule has 0 aliphatic heterocycles. The summed E-state index contributed by atoms with van der Waals surface area (Å²) in [4.78, 5) is 10.3. The average molecular weight is 420 g/mol. The van der Waals surface area contributed by atoms with Crippen molar-refractivity contribution < 1.29 is 14.4 Å². The molecule has 10 heteroatoms. The zero-order valence-electron chi connectivity index (χ0n) is 17.1. The third-order valence-electron chi connectivity index (χ3n) is 4.24. The molecule has 0 fully saturated rings. The molecule has 0 saturated heterocycles. The smallest absolute Gasteiger partial charge is 0.269 e. The molecule has 0 saturated carbocycles. The Morgan fingerprint density at radius 2 is 1.23 bits per heavy atom. The van der Waals surface area contributed by atoms with Crippen LogP contribution in [0.15, 0.2) is 81.1 Å².